The molecule has 0 saturated carbocycles. The Bertz CT molecular complexity index is 748. The van der Waals surface area contributed by atoms with E-state index in [1.807, 2.05) is 0 Å². The van der Waals surface area contributed by atoms with E-state index in [9.17, 15) is 9.59 Å². The highest BCUT2D eigenvalue weighted by molar-refractivity contribution is 6.42. The van der Waals surface area contributed by atoms with Crippen LogP contribution in [0.1, 0.15) is 15.9 Å². The average Bonchev–Trinajstić information content (AvgIpc) is 2.45. The van der Waals surface area contributed by atoms with Gasteiger partial charge in [0.25, 0.3) is 0 Å². The van der Waals surface area contributed by atoms with Crippen molar-refractivity contribution in [2.45, 2.75) is 6.92 Å². The van der Waals surface area contributed by atoms with E-state index in [1.54, 1.807) is 25.1 Å². The van der Waals surface area contributed by atoms with Gasteiger partial charge in [0.15, 0.2) is 0 Å². The minimum absolute atomic E-state index is 0.0930. The summed E-state index contributed by atoms with van der Waals surface area (Å²) in [6.07, 6.45) is 0. The number of benzene rings is 2. The minimum atomic E-state index is -1.06. The van der Waals surface area contributed by atoms with Gasteiger partial charge in [0.05, 0.1) is 15.6 Å². The predicted molar refractivity (Wildman–Crippen MR) is 87.2 cm³/mol. The zero-order valence-electron chi connectivity index (χ0n) is 11.5. The number of halogens is 2. The molecule has 3 N–H and O–H groups in total. The monoisotopic (exact) mass is 338 g/mol. The number of carbonyl (C=O) groups excluding carboxylic acids is 1. The molecule has 0 bridgehead atoms. The molecule has 0 aliphatic carbocycles. The SMILES string of the molecule is Cc1ccc(C(=O)O)cc1NC(=O)Nc1ccc(Cl)c(Cl)c1. The van der Waals surface area contributed by atoms with E-state index >= 15 is 0 Å². The van der Waals surface area contributed by atoms with Crippen LogP contribution in [-0.4, -0.2) is 17.1 Å². The smallest absolute Gasteiger partial charge is 0.335 e. The van der Waals surface area contributed by atoms with Crippen LogP contribution in [0.2, 0.25) is 10.0 Å². The molecule has 2 rings (SSSR count). The summed E-state index contributed by atoms with van der Waals surface area (Å²) in [5.41, 5.74) is 1.72. The molecule has 0 spiro atoms. The summed E-state index contributed by atoms with van der Waals surface area (Å²) in [5, 5.41) is 14.9. The first kappa shape index (κ1) is 16.1. The summed E-state index contributed by atoms with van der Waals surface area (Å²) < 4.78 is 0. The largest absolute Gasteiger partial charge is 0.478 e. The van der Waals surface area contributed by atoms with Crippen molar-refractivity contribution in [1.82, 2.24) is 0 Å². The van der Waals surface area contributed by atoms with Crippen LogP contribution < -0.4 is 10.6 Å². The Morgan fingerprint density at radius 2 is 1.73 bits per heavy atom. The maximum Gasteiger partial charge on any atom is 0.335 e. The molecule has 0 aromatic heterocycles. The van der Waals surface area contributed by atoms with Crippen molar-refractivity contribution in [3.63, 3.8) is 0 Å². The molecule has 2 amide bonds. The number of amides is 2. The predicted octanol–water partition coefficient (Wildman–Crippen LogP) is 4.64. The molecule has 0 aliphatic heterocycles. The lowest BCUT2D eigenvalue weighted by atomic mass is 10.1. The summed E-state index contributed by atoms with van der Waals surface area (Å²) in [6.45, 7) is 1.76. The second kappa shape index (κ2) is 6.68. The third kappa shape index (κ3) is 3.90. The molecular weight excluding hydrogens is 327 g/mol. The lowest BCUT2D eigenvalue weighted by Gasteiger charge is -2.11. The van der Waals surface area contributed by atoms with Gasteiger partial charge in [-0.2, -0.15) is 0 Å². The van der Waals surface area contributed by atoms with E-state index in [0.717, 1.165) is 5.56 Å². The Hall–Kier alpha value is -2.24. The molecule has 114 valence electrons. The van der Waals surface area contributed by atoms with E-state index in [1.165, 1.54) is 18.2 Å². The van der Waals surface area contributed by atoms with Gasteiger partial charge in [-0.1, -0.05) is 29.3 Å². The number of hydrogen-bond donors (Lipinski definition) is 3. The van der Waals surface area contributed by atoms with Crippen molar-refractivity contribution < 1.29 is 14.7 Å². The zero-order chi connectivity index (χ0) is 16.3. The number of urea groups is 1. The fourth-order valence-electron chi connectivity index (χ4n) is 1.75. The van der Waals surface area contributed by atoms with E-state index in [4.69, 9.17) is 28.3 Å². The number of nitrogens with one attached hydrogen (secondary N) is 2. The van der Waals surface area contributed by atoms with Gasteiger partial charge >= 0.3 is 12.0 Å². The molecule has 0 radical (unpaired) electrons. The van der Waals surface area contributed by atoms with E-state index in [-0.39, 0.29) is 5.56 Å². The summed E-state index contributed by atoms with van der Waals surface area (Å²) in [6, 6.07) is 8.67. The second-order valence-corrected chi connectivity index (χ2v) is 5.36. The molecule has 0 heterocycles. The Morgan fingerprint density at radius 3 is 2.36 bits per heavy atom. The molecule has 2 aromatic carbocycles. The fourth-order valence-corrected chi connectivity index (χ4v) is 2.05. The summed E-state index contributed by atoms with van der Waals surface area (Å²) in [5.74, 6) is -1.06. The number of carboxylic acids is 1. The Kier molecular flexibility index (Phi) is 4.90. The number of aromatic carboxylic acids is 1. The Balaban J connectivity index is 2.13. The highest BCUT2D eigenvalue weighted by atomic mass is 35.5. The van der Waals surface area contributed by atoms with Crippen LogP contribution >= 0.6 is 23.2 Å². The number of anilines is 2. The van der Waals surface area contributed by atoms with Gasteiger partial charge < -0.3 is 15.7 Å². The summed E-state index contributed by atoms with van der Waals surface area (Å²) >= 11 is 11.7. The highest BCUT2D eigenvalue weighted by Crippen LogP contribution is 2.25. The first-order chi connectivity index (χ1) is 10.4. The molecule has 0 aliphatic rings. The molecule has 2 aromatic rings. The lowest BCUT2D eigenvalue weighted by molar-refractivity contribution is 0.0697. The van der Waals surface area contributed by atoms with Crippen LogP contribution in [0.4, 0.5) is 16.2 Å². The van der Waals surface area contributed by atoms with Crippen LogP contribution in [0.5, 0.6) is 0 Å². The van der Waals surface area contributed by atoms with Crippen LogP contribution in [0, 0.1) is 6.92 Å². The molecule has 0 unspecified atom stereocenters. The molecule has 0 atom stereocenters. The van der Waals surface area contributed by atoms with Crippen LogP contribution in [0.15, 0.2) is 36.4 Å². The fraction of sp³-hybridized carbons (Fsp3) is 0.0667. The topological polar surface area (TPSA) is 78.4 Å². The van der Waals surface area contributed by atoms with Crippen molar-refractivity contribution in [2.75, 3.05) is 10.6 Å². The summed E-state index contributed by atoms with van der Waals surface area (Å²) in [7, 11) is 0. The number of carboxylic acid groups (broad SMARTS) is 1. The standard InChI is InChI=1S/C15H12Cl2N2O3/c1-8-2-3-9(14(20)21)6-13(8)19-15(22)18-10-4-5-11(16)12(17)7-10/h2-7H,1H3,(H,20,21)(H2,18,19,22). The second-order valence-electron chi connectivity index (χ2n) is 4.54. The Morgan fingerprint density at radius 1 is 1.00 bits per heavy atom. The maximum atomic E-state index is 12.0. The number of aryl methyl sites for hydroxylation is 1. The van der Waals surface area contributed by atoms with E-state index in [2.05, 4.69) is 10.6 Å². The van der Waals surface area contributed by atoms with Crippen molar-refractivity contribution in [2.24, 2.45) is 0 Å². The minimum Gasteiger partial charge on any atom is -0.478 e. The lowest BCUT2D eigenvalue weighted by Crippen LogP contribution is -2.20. The van der Waals surface area contributed by atoms with E-state index < -0.39 is 12.0 Å². The van der Waals surface area contributed by atoms with Crippen LogP contribution in [0.3, 0.4) is 0 Å². The first-order valence-corrected chi connectivity index (χ1v) is 6.99. The average molecular weight is 339 g/mol. The van der Waals surface area contributed by atoms with Crippen molar-refractivity contribution in [3.05, 3.63) is 57.6 Å². The van der Waals surface area contributed by atoms with Gasteiger partial charge in [-0.15, -0.1) is 0 Å². The first-order valence-electron chi connectivity index (χ1n) is 6.24. The summed E-state index contributed by atoms with van der Waals surface area (Å²) in [4.78, 5) is 22.9. The van der Waals surface area contributed by atoms with Gasteiger partial charge in [0.2, 0.25) is 0 Å². The number of rotatable bonds is 3. The third-order valence-electron chi connectivity index (χ3n) is 2.91. The van der Waals surface area contributed by atoms with Crippen LogP contribution in [0.25, 0.3) is 0 Å². The molecule has 7 heteroatoms. The number of hydrogen-bond acceptors (Lipinski definition) is 2. The quantitative estimate of drug-likeness (QED) is 0.762. The maximum absolute atomic E-state index is 12.0. The molecular formula is C15H12Cl2N2O3. The molecule has 22 heavy (non-hydrogen) atoms. The van der Waals surface area contributed by atoms with Crippen molar-refractivity contribution in [3.8, 4) is 0 Å². The molecule has 0 fully saturated rings. The van der Waals surface area contributed by atoms with Crippen LogP contribution in [-0.2, 0) is 0 Å². The third-order valence-corrected chi connectivity index (χ3v) is 3.65. The highest BCUT2D eigenvalue weighted by Gasteiger charge is 2.10. The van der Waals surface area contributed by atoms with E-state index in [0.29, 0.717) is 21.4 Å². The van der Waals surface area contributed by atoms with Gasteiger partial charge in [-0.05, 0) is 42.8 Å². The normalized spacial score (nSPS) is 10.1. The number of carbonyl (C=O) groups is 2. The van der Waals surface area contributed by atoms with Gasteiger partial charge in [-0.3, -0.25) is 0 Å². The Labute approximate surface area is 136 Å². The molecule has 0 saturated heterocycles. The van der Waals surface area contributed by atoms with Crippen molar-refractivity contribution in [1.29, 1.82) is 0 Å². The van der Waals surface area contributed by atoms with Gasteiger partial charge in [0.1, 0.15) is 0 Å². The zero-order valence-corrected chi connectivity index (χ0v) is 13.0. The molecule has 5 nitrogen and oxygen atoms in total. The van der Waals surface area contributed by atoms with Crippen molar-refractivity contribution >= 4 is 46.6 Å². The van der Waals surface area contributed by atoms with Gasteiger partial charge in [0, 0.05) is 11.4 Å². The van der Waals surface area contributed by atoms with Gasteiger partial charge in [-0.25, -0.2) is 9.59 Å².